The van der Waals surface area contributed by atoms with Crippen molar-refractivity contribution >= 4 is 72.5 Å². The maximum absolute atomic E-state index is 2.46. The van der Waals surface area contributed by atoms with Crippen molar-refractivity contribution in [3.63, 3.8) is 0 Å². The lowest BCUT2D eigenvalue weighted by Gasteiger charge is -2.24. The van der Waals surface area contributed by atoms with Crippen molar-refractivity contribution in [2.75, 3.05) is 30.9 Å². The first-order chi connectivity index (χ1) is 16.6. The zero-order valence-electron chi connectivity index (χ0n) is 19.7. The fourth-order valence-electron chi connectivity index (χ4n) is 6.15. The molecule has 6 aromatic carbocycles. The third kappa shape index (κ3) is 2.53. The molecule has 0 atom stereocenters. The molecule has 0 spiro atoms. The second kappa shape index (κ2) is 7.01. The van der Waals surface area contributed by atoms with Gasteiger partial charge in [-0.1, -0.05) is 89.8 Å². The van der Waals surface area contributed by atoms with Gasteiger partial charge < -0.3 is 9.80 Å². The molecule has 3 heteroatoms. The van der Waals surface area contributed by atoms with Crippen LogP contribution in [0.2, 0.25) is 0 Å². The molecule has 2 nitrogen and oxygen atoms in total. The molecule has 0 fully saturated rings. The molecule has 0 saturated carbocycles. The summed E-state index contributed by atoms with van der Waals surface area (Å²) in [4.78, 5) is 4.61. The highest BCUT2D eigenvalue weighted by atomic mass is 15.1. The number of anilines is 3. The minimum atomic E-state index is 0.170. The molecule has 7 rings (SSSR count). The predicted molar refractivity (Wildman–Crippen MR) is 150 cm³/mol. The van der Waals surface area contributed by atoms with Gasteiger partial charge in [0.05, 0.1) is 0 Å². The highest BCUT2D eigenvalue weighted by molar-refractivity contribution is 6.98. The van der Waals surface area contributed by atoms with E-state index in [1.807, 2.05) is 0 Å². The Balaban J connectivity index is 1.72. The van der Waals surface area contributed by atoms with E-state index in [4.69, 9.17) is 0 Å². The van der Waals surface area contributed by atoms with E-state index >= 15 is 0 Å². The van der Waals surface area contributed by atoms with Crippen LogP contribution in [0.3, 0.4) is 0 Å². The minimum Gasteiger partial charge on any atom is -0.377 e. The van der Waals surface area contributed by atoms with E-state index in [0.717, 1.165) is 0 Å². The van der Waals surface area contributed by atoms with Crippen LogP contribution >= 0.6 is 0 Å². The average molecular weight is 436 g/mol. The van der Waals surface area contributed by atoms with Gasteiger partial charge in [0.15, 0.2) is 0 Å². The molecule has 0 N–H and O–H groups in total. The zero-order chi connectivity index (χ0) is 23.0. The smallest absolute Gasteiger partial charge is 0.244 e. The number of rotatable bonds is 2. The quantitative estimate of drug-likeness (QED) is 0.270. The largest absolute Gasteiger partial charge is 0.377 e. The summed E-state index contributed by atoms with van der Waals surface area (Å²) in [6.45, 7) is 0.170. The summed E-state index contributed by atoms with van der Waals surface area (Å²) in [7, 11) is 6.48. The second-order valence-electron chi connectivity index (χ2n) is 9.68. The van der Waals surface area contributed by atoms with Crippen molar-refractivity contribution in [1.29, 1.82) is 0 Å². The predicted octanol–water partition coefficient (Wildman–Crippen LogP) is 5.25. The summed E-state index contributed by atoms with van der Waals surface area (Å²) in [5.74, 6) is 0. The minimum absolute atomic E-state index is 0.170. The Kier molecular flexibility index (Phi) is 4.02. The van der Waals surface area contributed by atoms with Crippen molar-refractivity contribution in [2.45, 2.75) is 0 Å². The number of nitrogens with zero attached hydrogens (tertiary/aromatic N) is 2. The Morgan fingerprint density at radius 2 is 1.35 bits per heavy atom. The van der Waals surface area contributed by atoms with Crippen molar-refractivity contribution in [1.82, 2.24) is 0 Å². The second-order valence-corrected chi connectivity index (χ2v) is 9.68. The Hall–Kier alpha value is -3.98. The molecule has 0 unspecified atom stereocenters. The molecular weight excluding hydrogens is 411 g/mol. The molecule has 162 valence electrons. The first-order valence-corrected chi connectivity index (χ1v) is 11.9. The van der Waals surface area contributed by atoms with Crippen LogP contribution in [0, 0.1) is 0 Å². The Morgan fingerprint density at radius 3 is 2.18 bits per heavy atom. The molecule has 0 amide bonds. The van der Waals surface area contributed by atoms with E-state index in [2.05, 4.69) is 128 Å². The summed E-state index contributed by atoms with van der Waals surface area (Å²) in [5, 5.41) is 8.06. The molecule has 0 saturated heterocycles. The normalized spacial score (nSPS) is 13.0. The van der Waals surface area contributed by atoms with Crippen LogP contribution in [0.25, 0.3) is 32.3 Å². The number of benzene rings is 6. The third-order valence-corrected chi connectivity index (χ3v) is 7.65. The van der Waals surface area contributed by atoms with E-state index in [0.29, 0.717) is 0 Å². The van der Waals surface area contributed by atoms with Gasteiger partial charge in [0, 0.05) is 49.0 Å². The number of para-hydroxylation sites is 1. The fraction of sp³-hybridized carbons (Fsp3) is 0.0968. The van der Waals surface area contributed by atoms with Crippen LogP contribution < -0.4 is 26.2 Å². The van der Waals surface area contributed by atoms with E-state index in [1.54, 1.807) is 0 Å². The van der Waals surface area contributed by atoms with Crippen LogP contribution in [-0.4, -0.2) is 27.9 Å². The Labute approximate surface area is 200 Å². The third-order valence-electron chi connectivity index (χ3n) is 7.65. The molecule has 1 heterocycles. The average Bonchev–Trinajstić information content (AvgIpc) is 2.97. The Bertz CT molecular complexity index is 1700. The molecule has 34 heavy (non-hydrogen) atoms. The molecule has 0 aliphatic carbocycles. The topological polar surface area (TPSA) is 6.48 Å². The van der Waals surface area contributed by atoms with Crippen LogP contribution in [-0.2, 0) is 0 Å². The van der Waals surface area contributed by atoms with E-state index in [1.165, 1.54) is 65.8 Å². The maximum Gasteiger partial charge on any atom is 0.244 e. The van der Waals surface area contributed by atoms with Gasteiger partial charge in [-0.25, -0.2) is 0 Å². The van der Waals surface area contributed by atoms with Crippen molar-refractivity contribution in [3.8, 4) is 0 Å². The van der Waals surface area contributed by atoms with E-state index in [-0.39, 0.29) is 6.71 Å². The van der Waals surface area contributed by atoms with E-state index in [9.17, 15) is 0 Å². The first kappa shape index (κ1) is 19.5. The van der Waals surface area contributed by atoms with Crippen LogP contribution in [0.5, 0.6) is 0 Å². The molecular formula is C31H25BN2. The van der Waals surface area contributed by atoms with Gasteiger partial charge in [-0.2, -0.15) is 0 Å². The van der Waals surface area contributed by atoms with Gasteiger partial charge in [-0.15, -0.1) is 0 Å². The van der Waals surface area contributed by atoms with Gasteiger partial charge in [0.25, 0.3) is 0 Å². The maximum atomic E-state index is 2.46. The first-order valence-electron chi connectivity index (χ1n) is 11.9. The molecule has 1 aliphatic rings. The lowest BCUT2D eigenvalue weighted by atomic mass is 9.36. The molecule has 6 aromatic rings. The van der Waals surface area contributed by atoms with Crippen LogP contribution in [0.4, 0.5) is 17.1 Å². The highest BCUT2D eigenvalue weighted by Gasteiger charge is 2.32. The molecule has 1 aliphatic heterocycles. The van der Waals surface area contributed by atoms with Crippen molar-refractivity contribution in [3.05, 3.63) is 97.1 Å². The SMILES string of the molecule is CN(C)c1ccc2cc3c4c(ccc5ccc1c2c54)N(C)c1ccccc1B3c1ccccc1. The molecule has 0 bridgehead atoms. The van der Waals surface area contributed by atoms with Crippen LogP contribution in [0.15, 0.2) is 97.1 Å². The number of hydrogen-bond donors (Lipinski definition) is 0. The standard InChI is InChI=1S/C31H25BN2/c1-33(2)26-17-15-21-19-25-31-28(18-14-20-13-16-23(26)29(21)30(20)31)34(3)27-12-8-7-11-24(27)32(25)22-9-5-4-6-10-22/h4-19H,1-3H3. The summed E-state index contributed by atoms with van der Waals surface area (Å²) >= 11 is 0. The van der Waals surface area contributed by atoms with Crippen molar-refractivity contribution < 1.29 is 0 Å². The summed E-state index contributed by atoms with van der Waals surface area (Å²) in [5.41, 5.74) is 7.89. The van der Waals surface area contributed by atoms with Gasteiger partial charge in [-0.05, 0) is 45.2 Å². The van der Waals surface area contributed by atoms with Gasteiger partial charge in [0.1, 0.15) is 0 Å². The lowest BCUT2D eigenvalue weighted by molar-refractivity contribution is 1.14. The summed E-state index contributed by atoms with van der Waals surface area (Å²) in [6.07, 6.45) is 0. The number of hydrogen-bond acceptors (Lipinski definition) is 2. The van der Waals surface area contributed by atoms with Gasteiger partial charge >= 0.3 is 0 Å². The zero-order valence-corrected chi connectivity index (χ0v) is 19.7. The summed E-state index contributed by atoms with van der Waals surface area (Å²) < 4.78 is 0. The molecule has 0 aromatic heterocycles. The fourth-order valence-corrected chi connectivity index (χ4v) is 6.15. The number of fused-ring (bicyclic) bond motifs is 1. The van der Waals surface area contributed by atoms with Gasteiger partial charge in [-0.3, -0.25) is 0 Å². The monoisotopic (exact) mass is 436 g/mol. The Morgan fingerprint density at radius 1 is 0.618 bits per heavy atom. The van der Waals surface area contributed by atoms with Crippen LogP contribution in [0.1, 0.15) is 0 Å². The summed E-state index contributed by atoms with van der Waals surface area (Å²) in [6, 6.07) is 36.1. The highest BCUT2D eigenvalue weighted by Crippen LogP contribution is 2.42. The van der Waals surface area contributed by atoms with Crippen molar-refractivity contribution in [2.24, 2.45) is 0 Å². The lowest BCUT2D eigenvalue weighted by Crippen LogP contribution is -2.52. The van der Waals surface area contributed by atoms with Gasteiger partial charge in [0.2, 0.25) is 6.71 Å². The van der Waals surface area contributed by atoms with E-state index < -0.39 is 0 Å². The molecule has 0 radical (unpaired) electrons.